The van der Waals surface area contributed by atoms with E-state index in [1.807, 2.05) is 26.8 Å². The number of rotatable bonds is 6. The third kappa shape index (κ3) is 3.31. The molecule has 2 heterocycles. The lowest BCUT2D eigenvalue weighted by Gasteiger charge is -2.30. The summed E-state index contributed by atoms with van der Waals surface area (Å²) in [6, 6.07) is 8.24. The van der Waals surface area contributed by atoms with Crippen LogP contribution in [0.3, 0.4) is 0 Å². The van der Waals surface area contributed by atoms with Gasteiger partial charge in [-0.2, -0.15) is 5.10 Å². The van der Waals surface area contributed by atoms with E-state index < -0.39 is 17.7 Å². The predicted molar refractivity (Wildman–Crippen MR) is 96.5 cm³/mol. The highest BCUT2D eigenvalue weighted by molar-refractivity contribution is 5.87. The number of ether oxygens (including phenoxy) is 1. The van der Waals surface area contributed by atoms with Crippen LogP contribution in [0.25, 0.3) is 16.7 Å². The number of hydrogen-bond donors (Lipinski definition) is 2. The van der Waals surface area contributed by atoms with Gasteiger partial charge in [0.1, 0.15) is 6.10 Å². The second-order valence-corrected chi connectivity index (χ2v) is 6.53. The standard InChI is InChI=1S/C19H21N3O4/c1-4-26-19(2,3)16(23)13-9-14-11-21-22(17(14)20-10-13)15-7-5-12(6-8-15)18(24)25/h5-11,16,23H,4H2,1-3H3,(H,24,25)/t16-/m1/s1. The molecule has 0 aliphatic carbocycles. The van der Waals surface area contributed by atoms with Gasteiger partial charge in [-0.3, -0.25) is 0 Å². The molecule has 0 unspecified atom stereocenters. The quantitative estimate of drug-likeness (QED) is 0.705. The lowest BCUT2D eigenvalue weighted by molar-refractivity contribution is -0.0984. The molecule has 0 fully saturated rings. The monoisotopic (exact) mass is 355 g/mol. The van der Waals surface area contributed by atoms with E-state index in [0.717, 1.165) is 5.39 Å². The number of carboxylic acids is 1. The molecule has 0 saturated heterocycles. The van der Waals surface area contributed by atoms with Crippen molar-refractivity contribution in [3.8, 4) is 5.69 Å². The van der Waals surface area contributed by atoms with Crippen LogP contribution in [0.15, 0.2) is 42.7 Å². The first-order valence-electron chi connectivity index (χ1n) is 8.33. The van der Waals surface area contributed by atoms with E-state index in [1.54, 1.807) is 29.2 Å². The number of carbonyl (C=O) groups is 1. The van der Waals surface area contributed by atoms with Crippen LogP contribution in [-0.4, -0.2) is 43.2 Å². The molecular formula is C19H21N3O4. The summed E-state index contributed by atoms with van der Waals surface area (Å²) in [6.07, 6.45) is 2.45. The van der Waals surface area contributed by atoms with Gasteiger partial charge in [0.15, 0.2) is 5.65 Å². The van der Waals surface area contributed by atoms with Gasteiger partial charge in [-0.25, -0.2) is 14.5 Å². The molecule has 0 amide bonds. The Balaban J connectivity index is 1.95. The smallest absolute Gasteiger partial charge is 0.335 e. The lowest BCUT2D eigenvalue weighted by atomic mass is 9.95. The molecule has 0 saturated carbocycles. The van der Waals surface area contributed by atoms with Crippen LogP contribution in [0.1, 0.15) is 42.8 Å². The second kappa shape index (κ2) is 6.86. The van der Waals surface area contributed by atoms with Gasteiger partial charge in [0.05, 0.1) is 23.0 Å². The number of nitrogens with zero attached hydrogens (tertiary/aromatic N) is 3. The topological polar surface area (TPSA) is 97.5 Å². The minimum atomic E-state index is -0.976. The fourth-order valence-corrected chi connectivity index (χ4v) is 2.87. The van der Waals surface area contributed by atoms with E-state index in [2.05, 4.69) is 10.1 Å². The van der Waals surface area contributed by atoms with Gasteiger partial charge >= 0.3 is 5.97 Å². The van der Waals surface area contributed by atoms with Crippen LogP contribution in [0.2, 0.25) is 0 Å². The highest BCUT2D eigenvalue weighted by Crippen LogP contribution is 2.30. The fourth-order valence-electron chi connectivity index (χ4n) is 2.87. The molecule has 0 bridgehead atoms. The number of aromatic nitrogens is 3. The molecule has 3 aromatic rings. The maximum atomic E-state index is 11.0. The number of benzene rings is 1. The normalized spacial score (nSPS) is 13.1. The van der Waals surface area contributed by atoms with Crippen LogP contribution in [0.5, 0.6) is 0 Å². The van der Waals surface area contributed by atoms with Crippen molar-refractivity contribution in [1.29, 1.82) is 0 Å². The maximum Gasteiger partial charge on any atom is 0.335 e. The Morgan fingerprint density at radius 2 is 1.96 bits per heavy atom. The van der Waals surface area contributed by atoms with Crippen molar-refractivity contribution >= 4 is 17.0 Å². The summed E-state index contributed by atoms with van der Waals surface area (Å²) in [5.74, 6) is -0.976. The Morgan fingerprint density at radius 1 is 1.27 bits per heavy atom. The van der Waals surface area contributed by atoms with Crippen molar-refractivity contribution in [2.24, 2.45) is 0 Å². The summed E-state index contributed by atoms with van der Waals surface area (Å²) in [4.78, 5) is 15.4. The van der Waals surface area contributed by atoms with Gasteiger partial charge < -0.3 is 14.9 Å². The van der Waals surface area contributed by atoms with Crippen LogP contribution in [0.4, 0.5) is 0 Å². The first-order valence-corrected chi connectivity index (χ1v) is 8.33. The molecule has 26 heavy (non-hydrogen) atoms. The molecular weight excluding hydrogens is 334 g/mol. The first kappa shape index (κ1) is 18.0. The van der Waals surface area contributed by atoms with Crippen LogP contribution < -0.4 is 0 Å². The van der Waals surface area contributed by atoms with Gasteiger partial charge in [0.25, 0.3) is 0 Å². The van der Waals surface area contributed by atoms with Crippen molar-refractivity contribution in [2.75, 3.05) is 6.61 Å². The number of aliphatic hydroxyl groups is 1. The van der Waals surface area contributed by atoms with E-state index in [4.69, 9.17) is 9.84 Å². The number of aliphatic hydroxyl groups excluding tert-OH is 1. The Hall–Kier alpha value is -2.77. The Bertz CT molecular complexity index is 932. The van der Waals surface area contributed by atoms with Crippen molar-refractivity contribution in [2.45, 2.75) is 32.5 Å². The third-order valence-electron chi connectivity index (χ3n) is 4.28. The largest absolute Gasteiger partial charge is 0.478 e. The molecule has 7 nitrogen and oxygen atoms in total. The molecule has 7 heteroatoms. The first-order chi connectivity index (χ1) is 12.3. The number of hydrogen-bond acceptors (Lipinski definition) is 5. The third-order valence-corrected chi connectivity index (χ3v) is 4.28. The van der Waals surface area contributed by atoms with E-state index >= 15 is 0 Å². The summed E-state index contributed by atoms with van der Waals surface area (Å²) in [7, 11) is 0. The van der Waals surface area contributed by atoms with Gasteiger partial charge in [-0.15, -0.1) is 0 Å². The SMILES string of the molecule is CCOC(C)(C)[C@H](O)c1cnc2c(cnn2-c2ccc(C(=O)O)cc2)c1. The van der Waals surface area contributed by atoms with Gasteiger partial charge in [-0.1, -0.05) is 0 Å². The van der Waals surface area contributed by atoms with E-state index in [-0.39, 0.29) is 5.56 Å². The van der Waals surface area contributed by atoms with E-state index in [9.17, 15) is 9.90 Å². The molecule has 0 spiro atoms. The molecule has 3 rings (SSSR count). The minimum Gasteiger partial charge on any atom is -0.478 e. The minimum absolute atomic E-state index is 0.210. The molecule has 1 atom stereocenters. The zero-order chi connectivity index (χ0) is 18.9. The van der Waals surface area contributed by atoms with E-state index in [0.29, 0.717) is 23.5 Å². The summed E-state index contributed by atoms with van der Waals surface area (Å²) < 4.78 is 7.25. The maximum absolute atomic E-state index is 11.0. The molecule has 2 N–H and O–H groups in total. The van der Waals surface area contributed by atoms with Crippen LogP contribution >= 0.6 is 0 Å². The molecule has 136 valence electrons. The number of pyridine rings is 1. The predicted octanol–water partition coefficient (Wildman–Crippen LogP) is 2.97. The van der Waals surface area contributed by atoms with Gasteiger partial charge in [0.2, 0.25) is 0 Å². The average molecular weight is 355 g/mol. The molecule has 0 aliphatic heterocycles. The second-order valence-electron chi connectivity index (χ2n) is 6.53. The van der Waals surface area contributed by atoms with Crippen molar-refractivity contribution < 1.29 is 19.7 Å². The Kier molecular flexibility index (Phi) is 4.76. The highest BCUT2D eigenvalue weighted by Gasteiger charge is 2.30. The van der Waals surface area contributed by atoms with Crippen LogP contribution in [-0.2, 0) is 4.74 Å². The Labute approximate surface area is 150 Å². The van der Waals surface area contributed by atoms with Gasteiger partial charge in [-0.05, 0) is 51.1 Å². The number of aromatic carboxylic acids is 1. The van der Waals surface area contributed by atoms with E-state index in [1.165, 1.54) is 12.1 Å². The molecule has 0 aliphatic rings. The van der Waals surface area contributed by atoms with Crippen LogP contribution in [0, 0.1) is 0 Å². The average Bonchev–Trinajstić information content (AvgIpc) is 3.04. The zero-order valence-electron chi connectivity index (χ0n) is 14.9. The zero-order valence-corrected chi connectivity index (χ0v) is 14.9. The fraction of sp³-hybridized carbons (Fsp3) is 0.316. The van der Waals surface area contributed by atoms with Crippen molar-refractivity contribution in [1.82, 2.24) is 14.8 Å². The highest BCUT2D eigenvalue weighted by atomic mass is 16.5. The Morgan fingerprint density at radius 3 is 2.58 bits per heavy atom. The summed E-state index contributed by atoms with van der Waals surface area (Å²) in [5, 5.41) is 24.7. The molecule has 1 aromatic carbocycles. The van der Waals surface area contributed by atoms with Crippen molar-refractivity contribution in [3.63, 3.8) is 0 Å². The molecule has 2 aromatic heterocycles. The number of carboxylic acid groups (broad SMARTS) is 1. The number of fused-ring (bicyclic) bond motifs is 1. The summed E-state index contributed by atoms with van der Waals surface area (Å²) in [6.45, 7) is 6.05. The summed E-state index contributed by atoms with van der Waals surface area (Å²) >= 11 is 0. The van der Waals surface area contributed by atoms with Crippen molar-refractivity contribution in [3.05, 3.63) is 53.9 Å². The van der Waals surface area contributed by atoms with Gasteiger partial charge in [0, 0.05) is 23.8 Å². The lowest BCUT2D eigenvalue weighted by Crippen LogP contribution is -2.32. The summed E-state index contributed by atoms with van der Waals surface area (Å²) in [5.41, 5.74) is 1.46. The molecule has 0 radical (unpaired) electrons.